The molecule has 0 saturated carbocycles. The van der Waals surface area contributed by atoms with E-state index in [2.05, 4.69) is 27.7 Å². The lowest BCUT2D eigenvalue weighted by Crippen LogP contribution is -2.09. The van der Waals surface area contributed by atoms with E-state index in [4.69, 9.17) is 4.52 Å². The summed E-state index contributed by atoms with van der Waals surface area (Å²) >= 11 is 0. The Bertz CT molecular complexity index is 87.0. The van der Waals surface area contributed by atoms with Gasteiger partial charge in [0.15, 0.2) is 0 Å². The highest BCUT2D eigenvalue weighted by Crippen LogP contribution is 2.60. The monoisotopic (exact) mass is 191 g/mol. The predicted octanol–water partition coefficient (Wildman–Crippen LogP) is 3.80. The molecule has 0 aliphatic carbocycles. The van der Waals surface area contributed by atoms with Crippen LogP contribution in [-0.4, -0.2) is 25.1 Å². The van der Waals surface area contributed by atoms with Gasteiger partial charge in [0.05, 0.1) is 25.1 Å². The van der Waals surface area contributed by atoms with Crippen molar-refractivity contribution < 1.29 is 4.52 Å². The summed E-state index contributed by atoms with van der Waals surface area (Å²) < 4.78 is 5.97. The van der Waals surface area contributed by atoms with Crippen molar-refractivity contribution in [3.05, 3.63) is 0 Å². The van der Waals surface area contributed by atoms with E-state index in [0.717, 1.165) is 6.61 Å². The molecular weight excluding hydrogens is 167 g/mol. The van der Waals surface area contributed by atoms with Crippen molar-refractivity contribution >= 4 is 7.49 Å². The highest BCUT2D eigenvalue weighted by atomic mass is 31.2. The van der Waals surface area contributed by atoms with E-state index in [0.29, 0.717) is 0 Å². The molecule has 12 heavy (non-hydrogen) atoms. The summed E-state index contributed by atoms with van der Waals surface area (Å²) in [6.07, 6.45) is 6.47. The topological polar surface area (TPSA) is 9.23 Å². The summed E-state index contributed by atoms with van der Waals surface area (Å²) in [5.74, 6) is 0. The highest BCUT2D eigenvalue weighted by Gasteiger charge is 2.34. The van der Waals surface area contributed by atoms with Gasteiger partial charge in [0.1, 0.15) is 7.49 Å². The molecule has 0 aliphatic rings. The first-order chi connectivity index (χ1) is 5.74. The summed E-state index contributed by atoms with van der Waals surface area (Å²) in [4.78, 5) is 0. The van der Waals surface area contributed by atoms with Crippen LogP contribution in [-0.2, 0) is 4.52 Å². The maximum Gasteiger partial charge on any atom is 0.145 e. The van der Waals surface area contributed by atoms with Gasteiger partial charge in [-0.25, -0.2) is 4.52 Å². The minimum atomic E-state index is -0.977. The molecule has 0 bridgehead atoms. The van der Waals surface area contributed by atoms with Gasteiger partial charge < -0.3 is 0 Å². The van der Waals surface area contributed by atoms with Crippen molar-refractivity contribution in [2.45, 2.75) is 40.5 Å². The number of rotatable bonds is 7. The van der Waals surface area contributed by atoms with E-state index in [1.54, 1.807) is 0 Å². The van der Waals surface area contributed by atoms with E-state index in [9.17, 15) is 0 Å². The lowest BCUT2D eigenvalue weighted by molar-refractivity contribution is 0.363. The lowest BCUT2D eigenvalue weighted by atomic mass is 10.6. The summed E-state index contributed by atoms with van der Waals surface area (Å²) in [6, 6.07) is 0. The molecule has 74 valence electrons. The molecule has 0 saturated heterocycles. The Balaban J connectivity index is 4.06. The zero-order chi connectivity index (χ0) is 9.45. The SMILES string of the molecule is CCC[P+](CC)(CCC)OCC. The quantitative estimate of drug-likeness (QED) is 0.556. The molecule has 0 aliphatic heterocycles. The second-order valence-electron chi connectivity index (χ2n) is 3.24. The lowest BCUT2D eigenvalue weighted by Gasteiger charge is -2.23. The third kappa shape index (κ3) is 3.87. The number of hydrogen-bond donors (Lipinski definition) is 0. The molecule has 0 fully saturated rings. The minimum absolute atomic E-state index is 0.904. The van der Waals surface area contributed by atoms with Crippen LogP contribution in [0.15, 0.2) is 0 Å². The largest absolute Gasteiger partial charge is 0.239 e. The average molecular weight is 191 g/mol. The molecule has 0 amide bonds. The maximum absolute atomic E-state index is 5.97. The third-order valence-corrected chi connectivity index (χ3v) is 6.72. The highest BCUT2D eigenvalue weighted by molar-refractivity contribution is 7.71. The fourth-order valence-corrected chi connectivity index (χ4v) is 5.21. The molecular formula is C10H24OP+. The smallest absolute Gasteiger partial charge is 0.145 e. The Morgan fingerprint density at radius 2 is 1.42 bits per heavy atom. The Labute approximate surface area is 78.3 Å². The fraction of sp³-hybridized carbons (Fsp3) is 1.00. The van der Waals surface area contributed by atoms with E-state index in [1.165, 1.54) is 31.3 Å². The van der Waals surface area contributed by atoms with Crippen LogP contribution < -0.4 is 0 Å². The van der Waals surface area contributed by atoms with E-state index >= 15 is 0 Å². The van der Waals surface area contributed by atoms with Gasteiger partial charge in [0.2, 0.25) is 0 Å². The van der Waals surface area contributed by atoms with Gasteiger partial charge in [-0.05, 0) is 26.7 Å². The van der Waals surface area contributed by atoms with Gasteiger partial charge in [-0.2, -0.15) is 0 Å². The first-order valence-electron chi connectivity index (χ1n) is 5.25. The summed E-state index contributed by atoms with van der Waals surface area (Å²) in [5.41, 5.74) is 0. The van der Waals surface area contributed by atoms with Crippen LogP contribution in [0, 0.1) is 0 Å². The van der Waals surface area contributed by atoms with Crippen LogP contribution >= 0.6 is 7.49 Å². The normalized spacial score (nSPS) is 12.0. The average Bonchev–Trinajstić information content (AvgIpc) is 2.06. The van der Waals surface area contributed by atoms with E-state index in [-0.39, 0.29) is 0 Å². The van der Waals surface area contributed by atoms with Crippen LogP contribution in [0.4, 0.5) is 0 Å². The predicted molar refractivity (Wildman–Crippen MR) is 59.4 cm³/mol. The molecule has 0 unspecified atom stereocenters. The van der Waals surface area contributed by atoms with Crippen molar-refractivity contribution in [3.63, 3.8) is 0 Å². The molecule has 0 spiro atoms. The molecule has 0 radical (unpaired) electrons. The number of hydrogen-bond acceptors (Lipinski definition) is 1. The van der Waals surface area contributed by atoms with Crippen molar-refractivity contribution in [1.29, 1.82) is 0 Å². The van der Waals surface area contributed by atoms with Gasteiger partial charge in [-0.1, -0.05) is 13.8 Å². The summed E-state index contributed by atoms with van der Waals surface area (Å²) in [5, 5.41) is 0. The van der Waals surface area contributed by atoms with Gasteiger partial charge in [0.25, 0.3) is 0 Å². The molecule has 1 nitrogen and oxygen atoms in total. The Kier molecular flexibility index (Phi) is 7.08. The molecule has 0 rings (SSSR count). The van der Waals surface area contributed by atoms with Crippen LogP contribution in [0.2, 0.25) is 0 Å². The van der Waals surface area contributed by atoms with Gasteiger partial charge >= 0.3 is 0 Å². The Morgan fingerprint density at radius 1 is 0.917 bits per heavy atom. The minimum Gasteiger partial charge on any atom is -0.239 e. The van der Waals surface area contributed by atoms with Gasteiger partial charge in [0, 0.05) is 0 Å². The second-order valence-corrected chi connectivity index (χ2v) is 7.14. The zero-order valence-corrected chi connectivity index (χ0v) is 9.99. The summed E-state index contributed by atoms with van der Waals surface area (Å²) in [6.45, 7) is 9.84. The van der Waals surface area contributed by atoms with E-state index < -0.39 is 7.49 Å². The third-order valence-electron chi connectivity index (χ3n) is 2.24. The summed E-state index contributed by atoms with van der Waals surface area (Å²) in [7, 11) is -0.977. The van der Waals surface area contributed by atoms with Gasteiger partial charge in [-0.15, -0.1) is 0 Å². The molecule has 0 aromatic heterocycles. The first-order valence-corrected chi connectivity index (χ1v) is 7.51. The maximum atomic E-state index is 5.97. The fourth-order valence-electron chi connectivity index (χ4n) is 1.74. The molecule has 0 aromatic rings. The van der Waals surface area contributed by atoms with Crippen molar-refractivity contribution in [2.24, 2.45) is 0 Å². The van der Waals surface area contributed by atoms with Gasteiger partial charge in [-0.3, -0.25) is 0 Å². The molecule has 2 heteroatoms. The van der Waals surface area contributed by atoms with Crippen LogP contribution in [0.1, 0.15) is 40.5 Å². The second kappa shape index (κ2) is 6.86. The van der Waals surface area contributed by atoms with Crippen LogP contribution in [0.5, 0.6) is 0 Å². The van der Waals surface area contributed by atoms with Crippen molar-refractivity contribution in [1.82, 2.24) is 0 Å². The van der Waals surface area contributed by atoms with Crippen LogP contribution in [0.25, 0.3) is 0 Å². The standard InChI is InChI=1S/C10H24OP/c1-5-9-12(8-4,10-6-2)11-7-3/h5-10H2,1-4H3/q+1. The molecule has 0 N–H and O–H groups in total. The van der Waals surface area contributed by atoms with E-state index in [1.807, 2.05) is 0 Å². The zero-order valence-electron chi connectivity index (χ0n) is 9.10. The molecule has 0 aromatic carbocycles. The van der Waals surface area contributed by atoms with Crippen molar-refractivity contribution in [2.75, 3.05) is 25.1 Å². The molecule has 0 atom stereocenters. The Hall–Kier alpha value is 0.390. The molecule has 0 heterocycles. The first kappa shape index (κ1) is 12.4. The van der Waals surface area contributed by atoms with Crippen LogP contribution in [0.3, 0.4) is 0 Å². The van der Waals surface area contributed by atoms with Crippen molar-refractivity contribution in [3.8, 4) is 0 Å². The Morgan fingerprint density at radius 3 is 1.67 bits per heavy atom.